The van der Waals surface area contributed by atoms with Crippen molar-refractivity contribution in [3.63, 3.8) is 0 Å². The maximum absolute atomic E-state index is 9.61. The zero-order valence-corrected chi connectivity index (χ0v) is 11.0. The zero-order valence-electron chi connectivity index (χ0n) is 11.0. The zero-order chi connectivity index (χ0) is 13.3. The lowest BCUT2D eigenvalue weighted by Gasteiger charge is -2.32. The molecule has 1 aromatic carbocycles. The van der Waals surface area contributed by atoms with Crippen molar-refractivity contribution in [1.82, 2.24) is 5.32 Å². The maximum Gasteiger partial charge on any atom is 0.171 e. The van der Waals surface area contributed by atoms with Crippen molar-refractivity contribution in [2.75, 3.05) is 26.8 Å². The molecule has 1 atom stereocenters. The second-order valence-corrected chi connectivity index (χ2v) is 5.01. The summed E-state index contributed by atoms with van der Waals surface area (Å²) >= 11 is 0. The molecule has 2 heterocycles. The van der Waals surface area contributed by atoms with Crippen LogP contribution in [0.4, 0.5) is 0 Å². The number of phenols is 1. The topological polar surface area (TPSA) is 60.0 Å². The number of nitrogens with one attached hydrogen (secondary N) is 1. The first kappa shape index (κ1) is 12.7. The number of phenolic OH excluding ortho intramolecular Hbond substituents is 1. The highest BCUT2D eigenvalue weighted by atomic mass is 16.7. The molecule has 0 aliphatic carbocycles. The predicted octanol–water partition coefficient (Wildman–Crippen LogP) is 1.57. The van der Waals surface area contributed by atoms with E-state index in [1.54, 1.807) is 13.2 Å². The second kappa shape index (κ2) is 5.00. The van der Waals surface area contributed by atoms with Crippen LogP contribution < -0.4 is 10.1 Å². The number of hydrogen-bond donors (Lipinski definition) is 2. The molecule has 0 amide bonds. The Morgan fingerprint density at radius 3 is 2.89 bits per heavy atom. The van der Waals surface area contributed by atoms with E-state index >= 15 is 0 Å². The van der Waals surface area contributed by atoms with Gasteiger partial charge in [-0.3, -0.25) is 0 Å². The summed E-state index contributed by atoms with van der Waals surface area (Å²) in [5, 5.41) is 12.9. The molecule has 1 spiro atoms. The van der Waals surface area contributed by atoms with Crippen molar-refractivity contribution in [2.24, 2.45) is 0 Å². The van der Waals surface area contributed by atoms with E-state index in [9.17, 15) is 5.11 Å². The number of benzene rings is 1. The van der Waals surface area contributed by atoms with Gasteiger partial charge < -0.3 is 24.6 Å². The van der Waals surface area contributed by atoms with E-state index < -0.39 is 5.79 Å². The van der Waals surface area contributed by atoms with E-state index in [0.29, 0.717) is 12.4 Å². The SMILES string of the molecule is COc1cc(C2COC3(CCNCC3)O2)ccc1O. The molecule has 19 heavy (non-hydrogen) atoms. The highest BCUT2D eigenvalue weighted by Crippen LogP contribution is 2.40. The Labute approximate surface area is 112 Å². The lowest BCUT2D eigenvalue weighted by molar-refractivity contribution is -0.183. The standard InChI is InChI=1S/C14H19NO4/c1-17-12-8-10(2-3-11(12)16)13-9-18-14(19-13)4-6-15-7-5-14/h2-3,8,13,15-16H,4-7,9H2,1H3. The van der Waals surface area contributed by atoms with Crippen LogP contribution in [0.25, 0.3) is 0 Å². The summed E-state index contributed by atoms with van der Waals surface area (Å²) in [5.41, 5.74) is 0.977. The third-order valence-electron chi connectivity index (χ3n) is 3.80. The van der Waals surface area contributed by atoms with E-state index in [1.165, 1.54) is 0 Å². The van der Waals surface area contributed by atoms with Crippen LogP contribution in [0.5, 0.6) is 11.5 Å². The van der Waals surface area contributed by atoms with Crippen LogP contribution in [0.3, 0.4) is 0 Å². The summed E-state index contributed by atoms with van der Waals surface area (Å²) in [5.74, 6) is 0.176. The van der Waals surface area contributed by atoms with Crippen LogP contribution in [0, 0.1) is 0 Å². The third kappa shape index (κ3) is 2.41. The molecule has 0 aromatic heterocycles. The van der Waals surface area contributed by atoms with Gasteiger partial charge in [-0.15, -0.1) is 0 Å². The van der Waals surface area contributed by atoms with Gasteiger partial charge in [0.2, 0.25) is 0 Å². The number of aromatic hydroxyl groups is 1. The summed E-state index contributed by atoms with van der Waals surface area (Å²) in [6, 6.07) is 5.29. The molecule has 2 aliphatic heterocycles. The van der Waals surface area contributed by atoms with E-state index in [1.807, 2.05) is 12.1 Å². The second-order valence-electron chi connectivity index (χ2n) is 5.01. The minimum atomic E-state index is -0.430. The first-order valence-electron chi connectivity index (χ1n) is 6.62. The highest BCUT2D eigenvalue weighted by Gasteiger charge is 2.42. The van der Waals surface area contributed by atoms with Crippen LogP contribution in [0.15, 0.2) is 18.2 Å². The molecule has 1 unspecified atom stereocenters. The average Bonchev–Trinajstić information content (AvgIpc) is 2.84. The monoisotopic (exact) mass is 265 g/mol. The number of ether oxygens (including phenoxy) is 3. The Kier molecular flexibility index (Phi) is 3.35. The van der Waals surface area contributed by atoms with Crippen molar-refractivity contribution in [1.29, 1.82) is 0 Å². The van der Waals surface area contributed by atoms with E-state index in [0.717, 1.165) is 31.5 Å². The van der Waals surface area contributed by atoms with Crippen LogP contribution >= 0.6 is 0 Å². The van der Waals surface area contributed by atoms with E-state index in [2.05, 4.69) is 5.32 Å². The van der Waals surface area contributed by atoms with Crippen molar-refractivity contribution in [3.05, 3.63) is 23.8 Å². The van der Waals surface area contributed by atoms with Gasteiger partial charge in [0, 0.05) is 25.9 Å². The first-order chi connectivity index (χ1) is 9.22. The molecule has 0 radical (unpaired) electrons. The lowest BCUT2D eigenvalue weighted by Crippen LogP contribution is -2.42. The fourth-order valence-electron chi connectivity index (χ4n) is 2.68. The summed E-state index contributed by atoms with van der Waals surface area (Å²) in [6.07, 6.45) is 1.66. The van der Waals surface area contributed by atoms with Crippen molar-refractivity contribution >= 4 is 0 Å². The van der Waals surface area contributed by atoms with Crippen molar-refractivity contribution < 1.29 is 19.3 Å². The van der Waals surface area contributed by atoms with E-state index in [-0.39, 0.29) is 11.9 Å². The van der Waals surface area contributed by atoms with Crippen LogP contribution in [-0.4, -0.2) is 37.7 Å². The molecule has 2 aliphatic rings. The van der Waals surface area contributed by atoms with E-state index in [4.69, 9.17) is 14.2 Å². The Morgan fingerprint density at radius 2 is 2.16 bits per heavy atom. The van der Waals surface area contributed by atoms with Crippen LogP contribution in [0.2, 0.25) is 0 Å². The Morgan fingerprint density at radius 1 is 1.37 bits per heavy atom. The van der Waals surface area contributed by atoms with Gasteiger partial charge >= 0.3 is 0 Å². The minimum Gasteiger partial charge on any atom is -0.504 e. The number of methoxy groups -OCH3 is 1. The number of rotatable bonds is 2. The van der Waals surface area contributed by atoms with Gasteiger partial charge in [0.25, 0.3) is 0 Å². The van der Waals surface area contributed by atoms with Gasteiger partial charge in [-0.2, -0.15) is 0 Å². The van der Waals surface area contributed by atoms with Crippen molar-refractivity contribution in [3.8, 4) is 11.5 Å². The highest BCUT2D eigenvalue weighted by molar-refractivity contribution is 5.42. The predicted molar refractivity (Wildman–Crippen MR) is 69.3 cm³/mol. The van der Waals surface area contributed by atoms with Crippen LogP contribution in [0.1, 0.15) is 24.5 Å². The summed E-state index contributed by atoms with van der Waals surface area (Å²) in [6.45, 7) is 2.39. The molecule has 5 nitrogen and oxygen atoms in total. The minimum absolute atomic E-state index is 0.0902. The normalized spacial score (nSPS) is 25.6. The first-order valence-corrected chi connectivity index (χ1v) is 6.62. The third-order valence-corrected chi connectivity index (χ3v) is 3.80. The molecule has 0 saturated carbocycles. The summed E-state index contributed by atoms with van der Waals surface area (Å²) in [4.78, 5) is 0. The molecule has 1 aromatic rings. The smallest absolute Gasteiger partial charge is 0.171 e. The van der Waals surface area contributed by atoms with Gasteiger partial charge in [-0.25, -0.2) is 0 Å². The largest absolute Gasteiger partial charge is 0.504 e. The van der Waals surface area contributed by atoms with Gasteiger partial charge in [0.15, 0.2) is 17.3 Å². The fourth-order valence-corrected chi connectivity index (χ4v) is 2.68. The molecule has 2 N–H and O–H groups in total. The molecular weight excluding hydrogens is 246 g/mol. The van der Waals surface area contributed by atoms with Gasteiger partial charge in [-0.05, 0) is 17.7 Å². The molecular formula is C14H19NO4. The maximum atomic E-state index is 9.61. The molecule has 5 heteroatoms. The van der Waals surface area contributed by atoms with Crippen LogP contribution in [-0.2, 0) is 9.47 Å². The molecule has 2 saturated heterocycles. The quantitative estimate of drug-likeness (QED) is 0.850. The number of piperidine rings is 1. The number of hydrogen-bond acceptors (Lipinski definition) is 5. The van der Waals surface area contributed by atoms with Gasteiger partial charge in [-0.1, -0.05) is 6.07 Å². The molecule has 2 fully saturated rings. The lowest BCUT2D eigenvalue weighted by atomic mass is 10.1. The molecule has 3 rings (SSSR count). The Hall–Kier alpha value is -1.30. The molecule has 0 bridgehead atoms. The summed E-state index contributed by atoms with van der Waals surface area (Å²) in [7, 11) is 1.54. The summed E-state index contributed by atoms with van der Waals surface area (Å²) < 4.78 is 17.1. The molecule has 104 valence electrons. The van der Waals surface area contributed by atoms with Gasteiger partial charge in [0.05, 0.1) is 13.7 Å². The average molecular weight is 265 g/mol. The fraction of sp³-hybridized carbons (Fsp3) is 0.571. The Bertz CT molecular complexity index is 457. The Balaban J connectivity index is 1.77. The van der Waals surface area contributed by atoms with Gasteiger partial charge in [0.1, 0.15) is 6.10 Å². The van der Waals surface area contributed by atoms with Crippen molar-refractivity contribution in [2.45, 2.75) is 24.7 Å².